The highest BCUT2D eigenvalue weighted by molar-refractivity contribution is 8.13. The van der Waals surface area contributed by atoms with E-state index in [1.165, 1.54) is 6.92 Å². The van der Waals surface area contributed by atoms with E-state index in [2.05, 4.69) is 0 Å². The average molecular weight is 294 g/mol. The fourth-order valence-corrected chi connectivity index (χ4v) is 2.16. The van der Waals surface area contributed by atoms with Gasteiger partial charge in [-0.1, -0.05) is 11.8 Å². The van der Waals surface area contributed by atoms with Crippen LogP contribution >= 0.6 is 11.8 Å². The van der Waals surface area contributed by atoms with E-state index >= 15 is 0 Å². The molecule has 0 spiro atoms. The average Bonchev–Trinajstić information content (AvgIpc) is 2.26. The van der Waals surface area contributed by atoms with Crippen molar-refractivity contribution in [1.29, 1.82) is 0 Å². The van der Waals surface area contributed by atoms with E-state index < -0.39 is 35.2 Å². The van der Waals surface area contributed by atoms with Crippen molar-refractivity contribution in [3.8, 4) is 0 Å². The molecule has 106 valence electrons. The Labute approximate surface area is 112 Å². The summed E-state index contributed by atoms with van der Waals surface area (Å²) in [6.07, 6.45) is -3.28. The van der Waals surface area contributed by atoms with Gasteiger partial charge in [-0.2, -0.15) is 0 Å². The standard InChI is InChI=1S/C12H13F3O3S/c1-6(16)19-3-2-10(17)12(18)11-8(14)4-7(13)5-9(11)15/h4-5,10,12,17-18H,2-3H2,1H3. The maximum atomic E-state index is 13.4. The second-order valence-corrected chi connectivity index (χ2v) is 5.20. The minimum Gasteiger partial charge on any atom is -0.390 e. The lowest BCUT2D eigenvalue weighted by atomic mass is 10.0. The first kappa shape index (κ1) is 16.0. The molecule has 1 aromatic rings. The van der Waals surface area contributed by atoms with Gasteiger partial charge in [0.25, 0.3) is 0 Å². The van der Waals surface area contributed by atoms with Crippen LogP contribution in [0.2, 0.25) is 0 Å². The Kier molecular flexibility index (Phi) is 5.84. The van der Waals surface area contributed by atoms with Crippen molar-refractivity contribution < 1.29 is 28.2 Å². The zero-order chi connectivity index (χ0) is 14.6. The van der Waals surface area contributed by atoms with Gasteiger partial charge in [0.15, 0.2) is 5.12 Å². The van der Waals surface area contributed by atoms with Crippen LogP contribution in [-0.2, 0) is 4.79 Å². The Balaban J connectivity index is 2.76. The number of carbonyl (C=O) groups is 1. The third kappa shape index (κ3) is 4.52. The van der Waals surface area contributed by atoms with Gasteiger partial charge in [0, 0.05) is 24.8 Å². The molecule has 0 aliphatic heterocycles. The Morgan fingerprint density at radius 1 is 1.26 bits per heavy atom. The van der Waals surface area contributed by atoms with Crippen molar-refractivity contribution in [3.05, 3.63) is 35.1 Å². The monoisotopic (exact) mass is 294 g/mol. The fourth-order valence-electron chi connectivity index (χ4n) is 1.51. The molecule has 0 aliphatic carbocycles. The molecule has 1 rings (SSSR count). The summed E-state index contributed by atoms with van der Waals surface area (Å²) in [5, 5.41) is 19.1. The van der Waals surface area contributed by atoms with Crippen molar-refractivity contribution in [1.82, 2.24) is 0 Å². The molecule has 3 nitrogen and oxygen atoms in total. The molecule has 0 saturated carbocycles. The number of thioether (sulfide) groups is 1. The van der Waals surface area contributed by atoms with E-state index in [4.69, 9.17) is 0 Å². The Hall–Kier alpha value is -1.05. The van der Waals surface area contributed by atoms with E-state index in [0.29, 0.717) is 12.1 Å². The van der Waals surface area contributed by atoms with Gasteiger partial charge in [0.1, 0.15) is 23.6 Å². The molecule has 0 aromatic heterocycles. The molecule has 2 unspecified atom stereocenters. The summed E-state index contributed by atoms with van der Waals surface area (Å²) >= 11 is 0.926. The highest BCUT2D eigenvalue weighted by Gasteiger charge is 2.25. The molecule has 0 fully saturated rings. The topological polar surface area (TPSA) is 57.5 Å². The van der Waals surface area contributed by atoms with Crippen molar-refractivity contribution in [2.75, 3.05) is 5.75 Å². The van der Waals surface area contributed by atoms with Gasteiger partial charge in [0.05, 0.1) is 11.7 Å². The van der Waals surface area contributed by atoms with Crippen molar-refractivity contribution in [2.45, 2.75) is 25.6 Å². The molecule has 19 heavy (non-hydrogen) atoms. The third-order valence-electron chi connectivity index (χ3n) is 2.42. The molecule has 0 amide bonds. The minimum atomic E-state index is -1.81. The zero-order valence-corrected chi connectivity index (χ0v) is 10.9. The summed E-state index contributed by atoms with van der Waals surface area (Å²) in [6, 6.07) is 0.858. The van der Waals surface area contributed by atoms with Gasteiger partial charge in [-0.05, 0) is 6.42 Å². The van der Waals surface area contributed by atoms with Gasteiger partial charge < -0.3 is 10.2 Å². The maximum Gasteiger partial charge on any atom is 0.185 e. The molecule has 0 heterocycles. The van der Waals surface area contributed by atoms with E-state index in [9.17, 15) is 28.2 Å². The molecule has 0 radical (unpaired) electrons. The van der Waals surface area contributed by atoms with Crippen LogP contribution in [0.25, 0.3) is 0 Å². The van der Waals surface area contributed by atoms with Gasteiger partial charge in [-0.15, -0.1) is 0 Å². The van der Waals surface area contributed by atoms with Crippen LogP contribution in [0.15, 0.2) is 12.1 Å². The highest BCUT2D eigenvalue weighted by atomic mass is 32.2. The first-order valence-electron chi connectivity index (χ1n) is 5.47. The van der Waals surface area contributed by atoms with Gasteiger partial charge in [-0.25, -0.2) is 13.2 Å². The number of hydrogen-bond acceptors (Lipinski definition) is 4. The molecular formula is C12H13F3O3S. The molecule has 7 heteroatoms. The SMILES string of the molecule is CC(=O)SCCC(O)C(O)c1c(F)cc(F)cc1F. The Morgan fingerprint density at radius 2 is 1.79 bits per heavy atom. The quantitative estimate of drug-likeness (QED) is 0.874. The summed E-state index contributed by atoms with van der Waals surface area (Å²) in [4.78, 5) is 10.7. The number of rotatable bonds is 5. The number of halogens is 3. The number of aliphatic hydroxyl groups excluding tert-OH is 2. The van der Waals surface area contributed by atoms with Crippen LogP contribution in [-0.4, -0.2) is 27.2 Å². The third-order valence-corrected chi connectivity index (χ3v) is 3.27. The summed E-state index contributed by atoms with van der Waals surface area (Å²) in [6.45, 7) is 1.34. The first-order chi connectivity index (χ1) is 8.82. The van der Waals surface area contributed by atoms with Crippen LogP contribution in [0.5, 0.6) is 0 Å². The summed E-state index contributed by atoms with van der Waals surface area (Å²) in [5.41, 5.74) is -0.776. The van der Waals surface area contributed by atoms with Crippen molar-refractivity contribution in [3.63, 3.8) is 0 Å². The van der Waals surface area contributed by atoms with Crippen LogP contribution < -0.4 is 0 Å². The van der Waals surface area contributed by atoms with E-state index in [1.807, 2.05) is 0 Å². The first-order valence-corrected chi connectivity index (χ1v) is 6.45. The Morgan fingerprint density at radius 3 is 2.26 bits per heavy atom. The van der Waals surface area contributed by atoms with E-state index in [1.54, 1.807) is 0 Å². The lowest BCUT2D eigenvalue weighted by Crippen LogP contribution is -2.21. The van der Waals surface area contributed by atoms with Crippen LogP contribution in [0, 0.1) is 17.5 Å². The molecule has 2 atom stereocenters. The van der Waals surface area contributed by atoms with Crippen LogP contribution in [0.1, 0.15) is 25.0 Å². The normalized spacial score (nSPS) is 14.2. The minimum absolute atomic E-state index is 0.0261. The zero-order valence-electron chi connectivity index (χ0n) is 10.1. The summed E-state index contributed by atoms with van der Waals surface area (Å²) < 4.78 is 39.4. The largest absolute Gasteiger partial charge is 0.390 e. The number of hydrogen-bond donors (Lipinski definition) is 2. The predicted octanol–water partition coefficient (Wildman–Crippen LogP) is 2.17. The predicted molar refractivity (Wildman–Crippen MR) is 65.0 cm³/mol. The lowest BCUT2D eigenvalue weighted by Gasteiger charge is -2.19. The van der Waals surface area contributed by atoms with E-state index in [-0.39, 0.29) is 17.3 Å². The Bertz CT molecular complexity index is 445. The molecule has 0 aliphatic rings. The summed E-state index contributed by atoms with van der Waals surface area (Å²) in [5.74, 6) is -3.42. The van der Waals surface area contributed by atoms with Crippen molar-refractivity contribution in [2.24, 2.45) is 0 Å². The number of carbonyl (C=O) groups excluding carboxylic acids is 1. The van der Waals surface area contributed by atoms with Crippen LogP contribution in [0.4, 0.5) is 13.2 Å². The van der Waals surface area contributed by atoms with Crippen LogP contribution in [0.3, 0.4) is 0 Å². The second kappa shape index (κ2) is 6.93. The lowest BCUT2D eigenvalue weighted by molar-refractivity contribution is -0.109. The van der Waals surface area contributed by atoms with Crippen molar-refractivity contribution >= 4 is 16.9 Å². The summed E-state index contributed by atoms with van der Waals surface area (Å²) in [7, 11) is 0. The highest BCUT2D eigenvalue weighted by Crippen LogP contribution is 2.26. The van der Waals surface area contributed by atoms with Gasteiger partial charge in [0.2, 0.25) is 0 Å². The molecule has 2 N–H and O–H groups in total. The second-order valence-electron chi connectivity index (χ2n) is 3.92. The fraction of sp³-hybridized carbons (Fsp3) is 0.417. The molecule has 1 aromatic carbocycles. The molecular weight excluding hydrogens is 281 g/mol. The van der Waals surface area contributed by atoms with Gasteiger partial charge >= 0.3 is 0 Å². The number of aliphatic hydroxyl groups is 2. The maximum absolute atomic E-state index is 13.4. The smallest absolute Gasteiger partial charge is 0.185 e. The van der Waals surface area contributed by atoms with Gasteiger partial charge in [-0.3, -0.25) is 4.79 Å². The van der Waals surface area contributed by atoms with E-state index in [0.717, 1.165) is 11.8 Å². The molecule has 0 saturated heterocycles. The molecule has 0 bridgehead atoms. The number of benzene rings is 1.